The zero-order valence-corrected chi connectivity index (χ0v) is 23.1. The van der Waals surface area contributed by atoms with Gasteiger partial charge >= 0.3 is 11.4 Å². The van der Waals surface area contributed by atoms with Crippen molar-refractivity contribution in [3.63, 3.8) is 0 Å². The van der Waals surface area contributed by atoms with Crippen LogP contribution >= 0.6 is 0 Å². The average Bonchev–Trinajstić information content (AvgIpc) is 3.77. The van der Waals surface area contributed by atoms with Gasteiger partial charge in [-0.1, -0.05) is 54.6 Å². The molecular weight excluding hydrogens is 550 g/mol. The van der Waals surface area contributed by atoms with E-state index in [4.69, 9.17) is 4.11 Å². The first-order valence-electron chi connectivity index (χ1n) is 15.4. The topological polar surface area (TPSA) is 84.6 Å². The van der Waals surface area contributed by atoms with Crippen molar-refractivity contribution in [1.82, 2.24) is 32.8 Å². The van der Waals surface area contributed by atoms with Crippen LogP contribution in [0.1, 0.15) is 4.11 Å². The van der Waals surface area contributed by atoms with Crippen molar-refractivity contribution in [2.45, 2.75) is 0 Å². The van der Waals surface area contributed by atoms with Crippen molar-refractivity contribution in [1.29, 1.82) is 0 Å². The molecule has 0 fully saturated rings. The lowest BCUT2D eigenvalue weighted by Crippen LogP contribution is -2.23. The number of aryl methyl sites for hydroxylation is 1. The highest BCUT2D eigenvalue weighted by molar-refractivity contribution is 5.95. The van der Waals surface area contributed by atoms with Gasteiger partial charge in [-0.25, -0.2) is 24.1 Å². The third kappa shape index (κ3) is 3.87. The molecule has 0 saturated carbocycles. The van der Waals surface area contributed by atoms with Crippen molar-refractivity contribution in [2.75, 3.05) is 0 Å². The molecule has 0 atom stereocenters. The molecule has 4 aromatic carbocycles. The summed E-state index contributed by atoms with van der Waals surface area (Å²) >= 11 is 0. The zero-order valence-electron chi connectivity index (χ0n) is 26.1. The molecule has 0 saturated heterocycles. The highest BCUT2D eigenvalue weighted by Crippen LogP contribution is 2.30. The Hall–Kier alpha value is -6.22. The van der Waals surface area contributed by atoms with E-state index in [1.54, 1.807) is 60.9 Å². The quantitative estimate of drug-likeness (QED) is 0.263. The second-order valence-electron chi connectivity index (χ2n) is 10.3. The minimum atomic E-state index is -2.44. The number of imidazole rings is 3. The van der Waals surface area contributed by atoms with Gasteiger partial charge in [0.05, 0.1) is 39.1 Å². The molecule has 0 aliphatic carbocycles. The maximum Gasteiger partial charge on any atom is 0.339 e. The van der Waals surface area contributed by atoms with Gasteiger partial charge in [0.1, 0.15) is 11.6 Å². The summed E-state index contributed by atoms with van der Waals surface area (Å²) in [6.07, 6.45) is 4.47. The summed E-state index contributed by atoms with van der Waals surface area (Å²) in [5, 5.41) is 0. The maximum atomic E-state index is 14.5. The van der Waals surface area contributed by atoms with Crippen molar-refractivity contribution >= 4 is 22.1 Å². The van der Waals surface area contributed by atoms with Crippen LogP contribution in [0, 0.1) is 0 Å². The minimum absolute atomic E-state index is 0.248. The van der Waals surface area contributed by atoms with Crippen LogP contribution in [0.25, 0.3) is 56.3 Å². The Labute approximate surface area is 255 Å². The number of benzene rings is 4. The molecule has 212 valence electrons. The van der Waals surface area contributed by atoms with E-state index in [1.165, 1.54) is 12.4 Å². The molecule has 4 heterocycles. The second-order valence-corrected chi connectivity index (χ2v) is 10.3. The van der Waals surface area contributed by atoms with Crippen LogP contribution in [0.15, 0.2) is 143 Å². The van der Waals surface area contributed by atoms with Crippen LogP contribution in [0.4, 0.5) is 0 Å². The summed E-state index contributed by atoms with van der Waals surface area (Å²) in [7, 11) is 0. The summed E-state index contributed by atoms with van der Waals surface area (Å²) in [6, 6.07) is 34.7. The van der Waals surface area contributed by atoms with E-state index in [9.17, 15) is 9.59 Å². The fraction of sp³-hybridized carbons (Fsp3) is 0.0286. The van der Waals surface area contributed by atoms with Crippen LogP contribution in [0.3, 0.4) is 0 Å². The van der Waals surface area contributed by atoms with Crippen LogP contribution in [0.2, 0.25) is 0 Å². The number of hydrogen-bond acceptors (Lipinski definition) is 4. The predicted molar refractivity (Wildman–Crippen MR) is 171 cm³/mol. The van der Waals surface area contributed by atoms with Gasteiger partial charge in [-0.3, -0.25) is 13.7 Å². The van der Waals surface area contributed by atoms with E-state index in [-0.39, 0.29) is 17.2 Å². The van der Waals surface area contributed by atoms with Crippen molar-refractivity contribution in [2.24, 2.45) is 6.98 Å². The molecule has 8 aromatic rings. The maximum absolute atomic E-state index is 14.5. The number of hydrogen-bond donors (Lipinski definition) is 0. The van der Waals surface area contributed by atoms with Gasteiger partial charge in [-0.05, 0) is 60.7 Å². The molecular formula is C35H25N7O2. The molecule has 4 aromatic heterocycles. The van der Waals surface area contributed by atoms with Gasteiger partial charge < -0.3 is 4.57 Å². The Morgan fingerprint density at radius 3 is 1.73 bits per heavy atom. The van der Waals surface area contributed by atoms with Crippen LogP contribution in [-0.2, 0) is 6.98 Å². The fourth-order valence-electron chi connectivity index (χ4n) is 5.79. The Kier molecular flexibility index (Phi) is 5.06. The number of aromatic nitrogens is 7. The Bertz CT molecular complexity index is 2540. The van der Waals surface area contributed by atoms with E-state index in [0.29, 0.717) is 50.5 Å². The highest BCUT2D eigenvalue weighted by Gasteiger charge is 2.23. The normalized spacial score (nSPS) is 12.8. The van der Waals surface area contributed by atoms with E-state index in [2.05, 4.69) is 9.97 Å². The average molecular weight is 579 g/mol. The van der Waals surface area contributed by atoms with E-state index >= 15 is 0 Å². The first-order valence-corrected chi connectivity index (χ1v) is 13.9. The lowest BCUT2D eigenvalue weighted by atomic mass is 10.1. The van der Waals surface area contributed by atoms with E-state index in [1.807, 2.05) is 78.9 Å². The number of rotatable bonds is 5. The molecule has 0 aliphatic heterocycles. The molecule has 9 heteroatoms. The monoisotopic (exact) mass is 578 g/mol. The summed E-state index contributed by atoms with van der Waals surface area (Å²) in [5.74, 6) is 0.685. The number of para-hydroxylation sites is 2. The smallest absolute Gasteiger partial charge is 0.334 e. The first kappa shape index (κ1) is 22.4. The second kappa shape index (κ2) is 9.95. The molecule has 0 aliphatic rings. The predicted octanol–water partition coefficient (Wildman–Crippen LogP) is 5.67. The molecule has 0 spiro atoms. The SMILES string of the molecule is [2H]C([2H])([2H])n1ccnc1-c1cccc(-n2c(=O)n(-c3ccccc3)c3cc4c(cc32)n(-c2ccccn2)c(=O)n4-c2ccccc2)c1. The molecule has 0 N–H and O–H groups in total. The van der Waals surface area contributed by atoms with E-state index < -0.39 is 6.98 Å². The minimum Gasteiger partial charge on any atom is -0.334 e. The molecule has 44 heavy (non-hydrogen) atoms. The van der Waals surface area contributed by atoms with Crippen LogP contribution < -0.4 is 11.4 Å². The molecule has 8 rings (SSSR count). The largest absolute Gasteiger partial charge is 0.339 e. The standard InChI is InChI=1S/C35H25N7O2/c1-38-20-19-37-33(38)24-11-10-16-27(21-24)41-29-23-31-30(22-28(29)39(34(41)43)25-12-4-2-5-13-25)40(26-14-6-3-7-15-26)35(44)42(31)32-17-8-9-18-36-32/h2-23H,1H3/i1D3. The van der Waals surface area contributed by atoms with Gasteiger partial charge in [0.2, 0.25) is 0 Å². The van der Waals surface area contributed by atoms with Crippen LogP contribution in [0.5, 0.6) is 0 Å². The van der Waals surface area contributed by atoms with E-state index in [0.717, 1.165) is 4.57 Å². The molecule has 9 nitrogen and oxygen atoms in total. The third-order valence-electron chi connectivity index (χ3n) is 7.71. The number of fused-ring (bicyclic) bond motifs is 2. The Morgan fingerprint density at radius 2 is 1.11 bits per heavy atom. The number of nitrogens with zero attached hydrogens (tertiary/aromatic N) is 7. The summed E-state index contributed by atoms with van der Waals surface area (Å²) in [5.41, 5.74) is 3.95. The Balaban J connectivity index is 1.48. The molecule has 0 unspecified atom stereocenters. The van der Waals surface area contributed by atoms with Gasteiger partial charge in [0.15, 0.2) is 0 Å². The fourth-order valence-corrected chi connectivity index (χ4v) is 5.79. The Morgan fingerprint density at radius 1 is 0.545 bits per heavy atom. The third-order valence-corrected chi connectivity index (χ3v) is 7.71. The molecule has 0 bridgehead atoms. The van der Waals surface area contributed by atoms with Gasteiger partial charge in [-0.15, -0.1) is 0 Å². The first-order chi connectivity index (χ1) is 22.8. The lowest BCUT2D eigenvalue weighted by molar-refractivity contribution is 0.903. The molecule has 0 radical (unpaired) electrons. The van der Waals surface area contributed by atoms with Gasteiger partial charge in [0.25, 0.3) is 0 Å². The van der Waals surface area contributed by atoms with Crippen molar-refractivity contribution in [3.8, 4) is 34.3 Å². The summed E-state index contributed by atoms with van der Waals surface area (Å²) in [6.45, 7) is -2.44. The van der Waals surface area contributed by atoms with Gasteiger partial charge in [0, 0.05) is 35.2 Å². The zero-order chi connectivity index (χ0) is 32.3. The number of pyridine rings is 1. The van der Waals surface area contributed by atoms with Crippen molar-refractivity contribution in [3.05, 3.63) is 155 Å². The highest BCUT2D eigenvalue weighted by atomic mass is 16.2. The van der Waals surface area contributed by atoms with Crippen molar-refractivity contribution < 1.29 is 4.11 Å². The van der Waals surface area contributed by atoms with Gasteiger partial charge in [-0.2, -0.15) is 0 Å². The molecule has 0 amide bonds. The summed E-state index contributed by atoms with van der Waals surface area (Å²) in [4.78, 5) is 37.5. The summed E-state index contributed by atoms with van der Waals surface area (Å²) < 4.78 is 31.3. The lowest BCUT2D eigenvalue weighted by Gasteiger charge is -2.08. The van der Waals surface area contributed by atoms with Crippen LogP contribution in [-0.4, -0.2) is 32.8 Å².